The average molecular weight is 408 g/mol. The molecule has 150 valence electrons. The molecule has 0 atom stereocenters. The van der Waals surface area contributed by atoms with Crippen molar-refractivity contribution in [1.29, 1.82) is 0 Å². The zero-order valence-electron chi connectivity index (χ0n) is 16.2. The van der Waals surface area contributed by atoms with Crippen LogP contribution in [0.1, 0.15) is 0 Å². The Morgan fingerprint density at radius 2 is 1.61 bits per heavy atom. The second-order valence-electron chi connectivity index (χ2n) is 6.93. The number of pyridine rings is 1. The summed E-state index contributed by atoms with van der Waals surface area (Å²) in [7, 11) is 0. The minimum absolute atomic E-state index is 0.0213. The van der Waals surface area contributed by atoms with Gasteiger partial charge in [0.05, 0.1) is 28.0 Å². The topological polar surface area (TPSA) is 93.9 Å². The molecule has 2 heterocycles. The van der Waals surface area contributed by atoms with E-state index >= 15 is 0 Å². The Bertz CT molecular complexity index is 1380. The van der Waals surface area contributed by atoms with Crippen molar-refractivity contribution in [3.05, 3.63) is 101 Å². The van der Waals surface area contributed by atoms with Crippen LogP contribution in [0.5, 0.6) is 11.5 Å². The van der Waals surface area contributed by atoms with Gasteiger partial charge < -0.3 is 4.74 Å². The lowest BCUT2D eigenvalue weighted by atomic mass is 10.0. The van der Waals surface area contributed by atoms with Gasteiger partial charge in [0.15, 0.2) is 0 Å². The predicted molar refractivity (Wildman–Crippen MR) is 118 cm³/mol. The summed E-state index contributed by atoms with van der Waals surface area (Å²) in [4.78, 5) is 15.6. The molecule has 5 aromatic rings. The number of para-hydroxylation sites is 1. The number of aromatic amines is 1. The van der Waals surface area contributed by atoms with Gasteiger partial charge in [-0.3, -0.25) is 15.2 Å². The van der Waals surface area contributed by atoms with E-state index in [2.05, 4.69) is 10.2 Å². The van der Waals surface area contributed by atoms with Crippen molar-refractivity contribution in [3.63, 3.8) is 0 Å². The maximum Gasteiger partial charge on any atom is 0.270 e. The molecule has 0 saturated heterocycles. The zero-order chi connectivity index (χ0) is 21.2. The number of H-pyrrole nitrogens is 1. The van der Waals surface area contributed by atoms with E-state index in [-0.39, 0.29) is 5.69 Å². The summed E-state index contributed by atoms with van der Waals surface area (Å²) < 4.78 is 5.87. The van der Waals surface area contributed by atoms with Crippen LogP contribution in [0.4, 0.5) is 5.69 Å². The van der Waals surface area contributed by atoms with Gasteiger partial charge in [-0.05, 0) is 42.5 Å². The number of hydrogen-bond donors (Lipinski definition) is 1. The maximum atomic E-state index is 11.2. The minimum atomic E-state index is -0.412. The number of nitro groups is 1. The van der Waals surface area contributed by atoms with E-state index in [1.807, 2.05) is 60.7 Å². The van der Waals surface area contributed by atoms with Crippen molar-refractivity contribution >= 4 is 16.6 Å². The summed E-state index contributed by atoms with van der Waals surface area (Å²) >= 11 is 0. The fraction of sp³-hybridized carbons (Fsp3) is 0. The van der Waals surface area contributed by atoms with Gasteiger partial charge in [0.25, 0.3) is 5.69 Å². The van der Waals surface area contributed by atoms with E-state index in [4.69, 9.17) is 9.72 Å². The Balaban J connectivity index is 1.55. The quantitative estimate of drug-likeness (QED) is 0.285. The van der Waals surface area contributed by atoms with Gasteiger partial charge in [-0.2, -0.15) is 5.10 Å². The van der Waals surface area contributed by atoms with E-state index in [0.717, 1.165) is 27.9 Å². The van der Waals surface area contributed by atoms with Crippen LogP contribution < -0.4 is 4.74 Å². The van der Waals surface area contributed by atoms with E-state index in [1.54, 1.807) is 18.3 Å². The van der Waals surface area contributed by atoms with E-state index in [0.29, 0.717) is 17.0 Å². The molecule has 1 N–H and O–H groups in total. The third-order valence-corrected chi connectivity index (χ3v) is 4.90. The van der Waals surface area contributed by atoms with Gasteiger partial charge in [-0.1, -0.05) is 30.3 Å². The molecule has 5 rings (SSSR count). The molecule has 7 nitrogen and oxygen atoms in total. The van der Waals surface area contributed by atoms with Gasteiger partial charge in [-0.15, -0.1) is 0 Å². The largest absolute Gasteiger partial charge is 0.457 e. The average Bonchev–Trinajstić information content (AvgIpc) is 3.29. The van der Waals surface area contributed by atoms with Crippen LogP contribution in [0, 0.1) is 10.1 Å². The molecular formula is C24H16N4O3. The highest BCUT2D eigenvalue weighted by atomic mass is 16.6. The van der Waals surface area contributed by atoms with E-state index in [1.165, 1.54) is 12.1 Å². The Labute approximate surface area is 177 Å². The molecule has 31 heavy (non-hydrogen) atoms. The van der Waals surface area contributed by atoms with Crippen molar-refractivity contribution in [2.45, 2.75) is 0 Å². The molecule has 7 heteroatoms. The van der Waals surface area contributed by atoms with Gasteiger partial charge in [0, 0.05) is 28.6 Å². The highest BCUT2D eigenvalue weighted by Crippen LogP contribution is 2.32. The fourth-order valence-corrected chi connectivity index (χ4v) is 3.40. The lowest BCUT2D eigenvalue weighted by molar-refractivity contribution is -0.384. The molecule has 0 spiro atoms. The van der Waals surface area contributed by atoms with Crippen LogP contribution in [0.2, 0.25) is 0 Å². The Hall–Kier alpha value is -4.52. The van der Waals surface area contributed by atoms with Gasteiger partial charge in [0.2, 0.25) is 0 Å². The number of nitrogens with zero attached hydrogens (tertiary/aromatic N) is 3. The molecule has 0 aliphatic rings. The first-order valence-corrected chi connectivity index (χ1v) is 9.60. The van der Waals surface area contributed by atoms with Crippen molar-refractivity contribution < 1.29 is 9.66 Å². The molecule has 0 aliphatic carbocycles. The summed E-state index contributed by atoms with van der Waals surface area (Å²) in [6.45, 7) is 0. The normalized spacial score (nSPS) is 10.8. The van der Waals surface area contributed by atoms with Crippen LogP contribution in [0.3, 0.4) is 0 Å². The number of fused-ring (bicyclic) bond motifs is 1. The van der Waals surface area contributed by atoms with Gasteiger partial charge in [0.1, 0.15) is 11.5 Å². The van der Waals surface area contributed by atoms with E-state index < -0.39 is 4.92 Å². The third kappa shape index (κ3) is 3.72. The molecule has 0 bridgehead atoms. The van der Waals surface area contributed by atoms with Crippen LogP contribution in [-0.2, 0) is 0 Å². The molecule has 3 aromatic carbocycles. The number of rotatable bonds is 5. The molecule has 0 saturated carbocycles. The number of nitro benzene ring substituents is 1. The van der Waals surface area contributed by atoms with Crippen molar-refractivity contribution in [3.8, 4) is 34.0 Å². The van der Waals surface area contributed by atoms with Crippen LogP contribution in [-0.4, -0.2) is 20.1 Å². The standard InChI is InChI=1S/C24H16N4O3/c29-28(30)18-6-4-5-17(13-18)22-14-23-21(15-25-27-23)24(26-22)16-9-11-20(12-10-16)31-19-7-2-1-3-8-19/h1-15H,(H,25,27). The minimum Gasteiger partial charge on any atom is -0.457 e. The lowest BCUT2D eigenvalue weighted by Crippen LogP contribution is -1.92. The number of hydrogen-bond acceptors (Lipinski definition) is 5. The molecule has 0 amide bonds. The molecule has 0 fully saturated rings. The first-order chi connectivity index (χ1) is 15.2. The lowest BCUT2D eigenvalue weighted by Gasteiger charge is -2.09. The Morgan fingerprint density at radius 3 is 2.39 bits per heavy atom. The van der Waals surface area contributed by atoms with Gasteiger partial charge >= 0.3 is 0 Å². The van der Waals surface area contributed by atoms with Crippen LogP contribution in [0.25, 0.3) is 33.4 Å². The first kappa shape index (κ1) is 18.5. The summed E-state index contributed by atoms with van der Waals surface area (Å²) in [5.74, 6) is 1.48. The third-order valence-electron chi connectivity index (χ3n) is 4.90. The molecular weight excluding hydrogens is 392 g/mol. The van der Waals surface area contributed by atoms with E-state index in [9.17, 15) is 10.1 Å². The number of benzene rings is 3. The molecule has 0 unspecified atom stereocenters. The Morgan fingerprint density at radius 1 is 0.839 bits per heavy atom. The molecule has 0 aliphatic heterocycles. The number of nitrogens with one attached hydrogen (secondary N) is 1. The highest BCUT2D eigenvalue weighted by Gasteiger charge is 2.14. The zero-order valence-corrected chi connectivity index (χ0v) is 16.2. The van der Waals surface area contributed by atoms with Crippen molar-refractivity contribution in [2.24, 2.45) is 0 Å². The first-order valence-electron chi connectivity index (χ1n) is 9.60. The second kappa shape index (κ2) is 7.72. The molecule has 2 aromatic heterocycles. The number of aromatic nitrogens is 3. The van der Waals surface area contributed by atoms with Crippen molar-refractivity contribution in [1.82, 2.24) is 15.2 Å². The fourth-order valence-electron chi connectivity index (χ4n) is 3.40. The predicted octanol–water partition coefficient (Wildman–Crippen LogP) is 5.99. The van der Waals surface area contributed by atoms with Crippen LogP contribution >= 0.6 is 0 Å². The van der Waals surface area contributed by atoms with Crippen molar-refractivity contribution in [2.75, 3.05) is 0 Å². The maximum absolute atomic E-state index is 11.2. The monoisotopic (exact) mass is 408 g/mol. The SMILES string of the molecule is O=[N+]([O-])c1cccc(-c2cc3[nH]ncc3c(-c3ccc(Oc4ccccc4)cc3)n2)c1. The smallest absolute Gasteiger partial charge is 0.270 e. The summed E-state index contributed by atoms with van der Waals surface area (Å²) in [6.07, 6.45) is 1.73. The highest BCUT2D eigenvalue weighted by molar-refractivity contribution is 5.94. The number of ether oxygens (including phenoxy) is 1. The molecule has 0 radical (unpaired) electrons. The summed E-state index contributed by atoms with van der Waals surface area (Å²) in [5, 5.41) is 19.1. The number of non-ortho nitro benzene ring substituents is 1. The van der Waals surface area contributed by atoms with Crippen LogP contribution in [0.15, 0.2) is 91.1 Å². The summed E-state index contributed by atoms with van der Waals surface area (Å²) in [6, 6.07) is 25.5. The second-order valence-corrected chi connectivity index (χ2v) is 6.93. The van der Waals surface area contributed by atoms with Gasteiger partial charge in [-0.25, -0.2) is 4.98 Å². The summed E-state index contributed by atoms with van der Waals surface area (Å²) in [5.41, 5.74) is 3.73. The Kier molecular flexibility index (Phi) is 4.61.